The highest BCUT2D eigenvalue weighted by atomic mass is 32.2. The lowest BCUT2D eigenvalue weighted by atomic mass is 10.3. The number of unbranched alkanes of at least 4 members (excludes halogenated alkanes) is 1. The van der Waals surface area contributed by atoms with Gasteiger partial charge in [-0.2, -0.15) is 0 Å². The number of hydrogen-bond donors (Lipinski definition) is 0. The van der Waals surface area contributed by atoms with Crippen molar-refractivity contribution >= 4 is 17.3 Å². The van der Waals surface area contributed by atoms with E-state index >= 15 is 0 Å². The third kappa shape index (κ3) is 3.81. The highest BCUT2D eigenvalue weighted by molar-refractivity contribution is 7.89. The van der Waals surface area contributed by atoms with Gasteiger partial charge in [-0.15, -0.1) is 4.31 Å². The monoisotopic (exact) mass is 245 g/mol. The Labute approximate surface area is 100.0 Å². The van der Waals surface area contributed by atoms with Crippen LogP contribution < -0.4 is 0 Å². The van der Waals surface area contributed by atoms with Gasteiger partial charge in [0.2, 0.25) is 0 Å². The minimum atomic E-state index is -0.963. The molecule has 0 aromatic heterocycles. The fourth-order valence-corrected chi connectivity index (χ4v) is 2.77. The summed E-state index contributed by atoms with van der Waals surface area (Å²) in [5.74, 6) is 0.401. The summed E-state index contributed by atoms with van der Waals surface area (Å²) in [6.45, 7) is 5.28. The molecule has 4 nitrogen and oxygen atoms in total. The molecule has 0 aromatic carbocycles. The van der Waals surface area contributed by atoms with Gasteiger partial charge in [0.25, 0.3) is 0 Å². The van der Waals surface area contributed by atoms with Crippen molar-refractivity contribution in [1.29, 1.82) is 0 Å². The zero-order valence-corrected chi connectivity index (χ0v) is 10.7. The quantitative estimate of drug-likeness (QED) is 0.522. The van der Waals surface area contributed by atoms with Crippen molar-refractivity contribution in [1.82, 2.24) is 4.31 Å². The molecule has 0 bridgehead atoms. The predicted molar refractivity (Wildman–Crippen MR) is 64.2 cm³/mol. The lowest BCUT2D eigenvalue weighted by molar-refractivity contribution is -0.138. The van der Waals surface area contributed by atoms with Gasteiger partial charge in [0.05, 0.1) is 25.3 Å². The van der Waals surface area contributed by atoms with Crippen LogP contribution in [0.2, 0.25) is 0 Å². The second kappa shape index (κ2) is 6.93. The van der Waals surface area contributed by atoms with Gasteiger partial charge in [-0.25, -0.2) is 4.79 Å². The Hall–Kier alpha value is -0.520. The molecule has 0 spiro atoms. The Balaban J connectivity index is 2.35. The highest BCUT2D eigenvalue weighted by Crippen LogP contribution is 2.16. The van der Waals surface area contributed by atoms with Crippen LogP contribution in [-0.2, 0) is 20.9 Å². The van der Waals surface area contributed by atoms with Crippen LogP contribution in [0.25, 0.3) is 0 Å². The van der Waals surface area contributed by atoms with Gasteiger partial charge in [0.1, 0.15) is 5.75 Å². The average Bonchev–Trinajstić information content (AvgIpc) is 2.75. The predicted octanol–water partition coefficient (Wildman–Crippen LogP) is 1.26. The largest absolute Gasteiger partial charge is 0.598 e. The number of hydrogen-bond acceptors (Lipinski definition) is 4. The average molecular weight is 245 g/mol. The Morgan fingerprint density at radius 1 is 1.62 bits per heavy atom. The fraction of sp³-hybridized carbons (Fsp3) is 0.727. The van der Waals surface area contributed by atoms with Crippen molar-refractivity contribution in [2.24, 2.45) is 0 Å². The molecule has 1 unspecified atom stereocenters. The molecule has 1 aliphatic heterocycles. The van der Waals surface area contributed by atoms with E-state index in [1.54, 1.807) is 6.92 Å². The maximum absolute atomic E-state index is 11.8. The third-order valence-corrected chi connectivity index (χ3v) is 3.88. The van der Waals surface area contributed by atoms with E-state index < -0.39 is 11.4 Å². The van der Waals surface area contributed by atoms with Crippen molar-refractivity contribution < 1.29 is 14.1 Å². The molecule has 0 aromatic rings. The van der Waals surface area contributed by atoms with E-state index in [2.05, 4.69) is 6.92 Å². The fourth-order valence-electron chi connectivity index (χ4n) is 1.45. The maximum atomic E-state index is 11.8. The number of rotatable bonds is 6. The van der Waals surface area contributed by atoms with E-state index in [0.29, 0.717) is 31.0 Å². The minimum absolute atomic E-state index is 0.280. The first kappa shape index (κ1) is 13.5. The summed E-state index contributed by atoms with van der Waals surface area (Å²) in [5, 5.41) is 0. The summed E-state index contributed by atoms with van der Waals surface area (Å²) in [4.78, 5) is 11.4. The molecule has 0 saturated carbocycles. The van der Waals surface area contributed by atoms with Crippen LogP contribution in [0, 0.1) is 0 Å². The molecule has 16 heavy (non-hydrogen) atoms. The number of carbonyl (C=O) groups excluding carboxylic acids is 1. The van der Waals surface area contributed by atoms with E-state index in [1.165, 1.54) is 0 Å². The summed E-state index contributed by atoms with van der Waals surface area (Å²) in [7, 11) is 0. The minimum Gasteiger partial charge on any atom is -0.598 e. The van der Waals surface area contributed by atoms with E-state index in [9.17, 15) is 9.35 Å². The molecule has 0 N–H and O–H groups in total. The van der Waals surface area contributed by atoms with Crippen LogP contribution in [-0.4, -0.2) is 40.3 Å². The number of esters is 1. The van der Waals surface area contributed by atoms with Crippen molar-refractivity contribution in [3.63, 3.8) is 0 Å². The standard InChI is InChI=1S/C11H19NO3S/c1-3-5-8-16(14)12-7-6-10(9-12)11(13)15-4-2/h6H,3-5,7-9H2,1-2H3. The molecule has 1 atom stereocenters. The normalized spacial score (nSPS) is 18.3. The molecule has 0 fully saturated rings. The van der Waals surface area contributed by atoms with Gasteiger partial charge in [-0.05, 0) is 13.3 Å². The van der Waals surface area contributed by atoms with Crippen molar-refractivity contribution in [2.45, 2.75) is 26.7 Å². The molecular formula is C11H19NO3S. The second-order valence-corrected chi connectivity index (χ2v) is 5.22. The molecule has 0 aliphatic carbocycles. The Bertz CT molecular complexity index is 268. The second-order valence-electron chi connectivity index (χ2n) is 3.65. The molecule has 5 heteroatoms. The van der Waals surface area contributed by atoms with E-state index in [-0.39, 0.29) is 5.97 Å². The van der Waals surface area contributed by atoms with Crippen molar-refractivity contribution in [2.75, 3.05) is 25.4 Å². The Kier molecular flexibility index (Phi) is 5.87. The molecular weight excluding hydrogens is 226 g/mol. The van der Waals surface area contributed by atoms with Gasteiger partial charge >= 0.3 is 5.97 Å². The molecule has 0 saturated heterocycles. The summed E-state index contributed by atoms with van der Waals surface area (Å²) in [5.41, 5.74) is 0.631. The van der Waals surface area contributed by atoms with E-state index in [0.717, 1.165) is 12.8 Å². The van der Waals surface area contributed by atoms with Gasteiger partial charge in [0.15, 0.2) is 0 Å². The first-order valence-corrected chi connectivity index (χ1v) is 6.96. The van der Waals surface area contributed by atoms with Crippen molar-refractivity contribution in [3.05, 3.63) is 11.6 Å². The Morgan fingerprint density at radius 3 is 3.00 bits per heavy atom. The molecule has 1 aliphatic rings. The van der Waals surface area contributed by atoms with Crippen LogP contribution in [0.3, 0.4) is 0 Å². The lowest BCUT2D eigenvalue weighted by Crippen LogP contribution is -2.32. The number of nitrogens with zero attached hydrogens (tertiary/aromatic N) is 1. The van der Waals surface area contributed by atoms with Crippen LogP contribution in [0.4, 0.5) is 0 Å². The summed E-state index contributed by atoms with van der Waals surface area (Å²) < 4.78 is 18.5. The van der Waals surface area contributed by atoms with Gasteiger partial charge in [-0.1, -0.05) is 19.4 Å². The lowest BCUT2D eigenvalue weighted by Gasteiger charge is -2.19. The Morgan fingerprint density at radius 2 is 2.38 bits per heavy atom. The van der Waals surface area contributed by atoms with Gasteiger partial charge < -0.3 is 9.29 Å². The molecule has 0 radical (unpaired) electrons. The highest BCUT2D eigenvalue weighted by Gasteiger charge is 2.28. The number of carbonyl (C=O) groups is 1. The maximum Gasteiger partial charge on any atom is 0.335 e. The summed E-state index contributed by atoms with van der Waals surface area (Å²) >= 11 is -0.963. The summed E-state index contributed by atoms with van der Waals surface area (Å²) in [6, 6.07) is 0. The SMILES string of the molecule is CCCC[S+]([O-])N1CC=C(C(=O)OCC)C1. The molecule has 92 valence electrons. The van der Waals surface area contributed by atoms with Crippen LogP contribution in [0.5, 0.6) is 0 Å². The molecule has 1 rings (SSSR count). The van der Waals surface area contributed by atoms with Gasteiger partial charge in [-0.3, -0.25) is 0 Å². The molecule has 1 heterocycles. The third-order valence-electron chi connectivity index (χ3n) is 2.39. The smallest absolute Gasteiger partial charge is 0.335 e. The molecule has 0 amide bonds. The van der Waals surface area contributed by atoms with Crippen molar-refractivity contribution in [3.8, 4) is 0 Å². The van der Waals surface area contributed by atoms with Crippen LogP contribution >= 0.6 is 0 Å². The first-order valence-electron chi connectivity index (χ1n) is 5.68. The van der Waals surface area contributed by atoms with Crippen LogP contribution in [0.1, 0.15) is 26.7 Å². The summed E-state index contributed by atoms with van der Waals surface area (Å²) in [6.07, 6.45) is 3.80. The number of ether oxygens (including phenoxy) is 1. The van der Waals surface area contributed by atoms with E-state index in [4.69, 9.17) is 4.74 Å². The van der Waals surface area contributed by atoms with E-state index in [1.807, 2.05) is 10.4 Å². The van der Waals surface area contributed by atoms with Gasteiger partial charge in [0, 0.05) is 11.4 Å². The zero-order valence-electron chi connectivity index (χ0n) is 9.90. The zero-order chi connectivity index (χ0) is 12.0. The topological polar surface area (TPSA) is 52.6 Å². The van der Waals surface area contributed by atoms with Crippen LogP contribution in [0.15, 0.2) is 11.6 Å². The first-order chi connectivity index (χ1) is 7.69.